The number of carbonyl (C=O) groups is 16. The van der Waals surface area contributed by atoms with Crippen LogP contribution in [0.5, 0.6) is 5.75 Å². The first-order valence-electron chi connectivity index (χ1n) is 45.4. The Labute approximate surface area is 756 Å². The van der Waals surface area contributed by atoms with Crippen molar-refractivity contribution in [1.29, 1.82) is 5.41 Å². The number of anilines is 1. The third-order valence-corrected chi connectivity index (χ3v) is 22.9. The molecule has 0 radical (unpaired) electrons. The number of nitrogens with two attached hydrogens (primary N) is 2. The highest BCUT2D eigenvalue weighted by atomic mass is 16.4. The SMILES string of the molecule is CCCCCCCCCCCCCCCC(=O)N[C@@H](CCC(=O)N[C@@H](CCC(=O)NCCCC[C@H](NC(=O)[C@@H](NC(=O)[C@@H]1CCC(=O)N1)[C@@H](C)CC)C(=O)N1CCN(c2ccc3ncn(CC(=O)N[C@@H](CCCNC(=N)N)C(=O)N[C@@H](Cc4cnc[nH]4)C(=O)N[C@@H](Cc4ccc(O)cc4)C(=O)N[C@@H](CC(C)C)C(=O)N[C@@H](CC(N)=O)C(C)=O)c(=O)c3c2)CC1)C(=O)O)C(=O)O. The summed E-state index contributed by atoms with van der Waals surface area (Å²) in [6.45, 7) is 10.6. The minimum absolute atomic E-state index is 0.0339. The number of piperazine rings is 1. The van der Waals surface area contributed by atoms with Gasteiger partial charge in [0, 0.05) is 95.4 Å². The molecule has 2 saturated heterocycles. The Bertz CT molecular complexity index is 4520. The first-order chi connectivity index (χ1) is 62.0. The zero-order valence-corrected chi connectivity index (χ0v) is 75.5. The number of rotatable bonds is 61. The van der Waals surface area contributed by atoms with E-state index in [0.29, 0.717) is 29.8 Å². The van der Waals surface area contributed by atoms with Gasteiger partial charge in [-0.3, -0.25) is 81.9 Å². The molecular weight excluding hydrogens is 1680 g/mol. The van der Waals surface area contributed by atoms with Crippen LogP contribution in [0.15, 0.2) is 66.1 Å². The van der Waals surface area contributed by atoms with Crippen LogP contribution >= 0.6 is 0 Å². The molecule has 0 aliphatic carbocycles. The molecule has 21 N–H and O–H groups in total. The Balaban J connectivity index is 1.09. The van der Waals surface area contributed by atoms with Crippen molar-refractivity contribution in [3.63, 3.8) is 0 Å². The van der Waals surface area contributed by atoms with Gasteiger partial charge in [0.15, 0.2) is 11.7 Å². The minimum atomic E-state index is -1.52. The first kappa shape index (κ1) is 106. The maximum atomic E-state index is 14.8. The van der Waals surface area contributed by atoms with Crippen LogP contribution in [0, 0.1) is 17.2 Å². The summed E-state index contributed by atoms with van der Waals surface area (Å²) in [6, 6.07) is -2.50. The number of nitrogens with one attached hydrogen (secondary N) is 14. The number of phenolic OH excluding ortho intramolecular Hbond substituents is 1. The molecule has 716 valence electrons. The van der Waals surface area contributed by atoms with Crippen molar-refractivity contribution >= 4 is 117 Å². The zero-order chi connectivity index (χ0) is 95.4. The molecule has 0 bridgehead atoms. The second-order valence-corrected chi connectivity index (χ2v) is 34.0. The highest BCUT2D eigenvalue weighted by Crippen LogP contribution is 2.24. The van der Waals surface area contributed by atoms with Crippen molar-refractivity contribution in [2.75, 3.05) is 44.2 Å². The van der Waals surface area contributed by atoms with E-state index < -0.39 is 180 Å². The monoisotopic (exact) mass is 1820 g/mol. The fourth-order valence-corrected chi connectivity index (χ4v) is 15.2. The van der Waals surface area contributed by atoms with E-state index in [1.807, 2.05) is 11.8 Å². The first-order valence-corrected chi connectivity index (χ1v) is 45.4. The number of carboxylic acids is 2. The largest absolute Gasteiger partial charge is 0.508 e. The Hall–Kier alpha value is -12.6. The quantitative estimate of drug-likeness (QED) is 0.0171. The Morgan fingerprint density at radius 3 is 1.67 bits per heavy atom. The third-order valence-electron chi connectivity index (χ3n) is 22.9. The summed E-state index contributed by atoms with van der Waals surface area (Å²) in [5.41, 5.74) is 11.8. The number of fused-ring (bicyclic) bond motifs is 1. The van der Waals surface area contributed by atoms with Crippen LogP contribution in [0.3, 0.4) is 0 Å². The van der Waals surface area contributed by atoms with Crippen LogP contribution < -0.4 is 85.7 Å². The number of Topliss-reactive ketones (excluding diaryl/α,β-unsaturated/α-hetero) is 1. The summed E-state index contributed by atoms with van der Waals surface area (Å²) >= 11 is 0. The molecule has 4 heterocycles. The van der Waals surface area contributed by atoms with Crippen molar-refractivity contribution in [3.05, 3.63) is 82.9 Å². The summed E-state index contributed by atoms with van der Waals surface area (Å²) in [4.78, 5) is 244. The summed E-state index contributed by atoms with van der Waals surface area (Å²) in [5, 5.41) is 69.4. The molecular formula is C89H135N21O20. The number of aliphatic carboxylic acids is 2. The van der Waals surface area contributed by atoms with Crippen molar-refractivity contribution in [2.45, 2.75) is 301 Å². The van der Waals surface area contributed by atoms with Crippen LogP contribution in [-0.2, 0) is 96.1 Å². The molecule has 0 unspecified atom stereocenters. The molecule has 2 fully saturated rings. The van der Waals surface area contributed by atoms with Gasteiger partial charge in [-0.05, 0) is 119 Å². The molecule has 6 rings (SSSR count). The molecule has 41 heteroatoms. The number of carbonyl (C=O) groups excluding carboxylic acids is 14. The number of aromatic amines is 1. The zero-order valence-electron chi connectivity index (χ0n) is 75.5. The van der Waals surface area contributed by atoms with E-state index >= 15 is 0 Å². The number of amides is 13. The Kier molecular flexibility index (Phi) is 45.7. The predicted octanol–water partition coefficient (Wildman–Crippen LogP) is 1.92. The van der Waals surface area contributed by atoms with Crippen molar-refractivity contribution in [2.24, 2.45) is 23.3 Å². The van der Waals surface area contributed by atoms with E-state index in [2.05, 4.69) is 85.7 Å². The van der Waals surface area contributed by atoms with Crippen LogP contribution in [0.2, 0.25) is 0 Å². The fraction of sp³-hybridized carbons (Fsp3) is 0.618. The molecule has 0 spiro atoms. The van der Waals surface area contributed by atoms with Crippen molar-refractivity contribution < 1.29 is 92.0 Å². The lowest BCUT2D eigenvalue weighted by molar-refractivity contribution is -0.143. The summed E-state index contributed by atoms with van der Waals surface area (Å²) in [6.07, 6.45) is 17.5. The van der Waals surface area contributed by atoms with Gasteiger partial charge in [0.05, 0.1) is 36.0 Å². The number of nitrogens with zero attached hydrogens (tertiary/aromatic N) is 5. The van der Waals surface area contributed by atoms with Crippen LogP contribution in [0.25, 0.3) is 10.9 Å². The van der Waals surface area contributed by atoms with Gasteiger partial charge in [-0.1, -0.05) is 130 Å². The molecule has 13 amide bonds. The normalized spacial score (nSPS) is 15.4. The van der Waals surface area contributed by atoms with Gasteiger partial charge < -0.3 is 105 Å². The second-order valence-electron chi connectivity index (χ2n) is 34.0. The average Bonchev–Trinajstić information content (AvgIpc) is 0.840. The number of imidazole rings is 1. The number of hydrogen-bond acceptors (Lipinski definition) is 22. The van der Waals surface area contributed by atoms with Crippen LogP contribution in [-0.4, -0.2) is 240 Å². The molecule has 11 atom stereocenters. The highest BCUT2D eigenvalue weighted by molar-refractivity contribution is 5.99. The van der Waals surface area contributed by atoms with Gasteiger partial charge in [-0.15, -0.1) is 0 Å². The molecule has 2 aliphatic heterocycles. The summed E-state index contributed by atoms with van der Waals surface area (Å²) < 4.78 is 1.03. The number of benzene rings is 2. The summed E-state index contributed by atoms with van der Waals surface area (Å²) in [7, 11) is 0. The van der Waals surface area contributed by atoms with E-state index in [1.165, 1.54) is 88.2 Å². The number of aromatic hydroxyl groups is 1. The number of unbranched alkanes of at least 4 members (excludes halogenated alkanes) is 13. The Morgan fingerprint density at radius 1 is 0.562 bits per heavy atom. The maximum absolute atomic E-state index is 14.8. The van der Waals surface area contributed by atoms with Crippen LogP contribution in [0.4, 0.5) is 5.69 Å². The smallest absolute Gasteiger partial charge is 0.326 e. The van der Waals surface area contributed by atoms with E-state index in [1.54, 1.807) is 43.9 Å². The number of hydrogen-bond donors (Lipinski definition) is 19. The van der Waals surface area contributed by atoms with Crippen molar-refractivity contribution in [1.82, 2.24) is 88.2 Å². The molecule has 2 aromatic carbocycles. The maximum Gasteiger partial charge on any atom is 0.326 e. The second kappa shape index (κ2) is 56.0. The summed E-state index contributed by atoms with van der Waals surface area (Å²) in [5.74, 6) is -13.6. The van der Waals surface area contributed by atoms with Crippen LogP contribution in [0.1, 0.15) is 233 Å². The van der Waals surface area contributed by atoms with E-state index in [4.69, 9.17) is 16.9 Å². The lowest BCUT2D eigenvalue weighted by Gasteiger charge is -2.38. The molecule has 4 aromatic rings. The number of primary amides is 1. The van der Waals surface area contributed by atoms with Gasteiger partial charge in [0.1, 0.15) is 66.7 Å². The average molecular weight is 1820 g/mol. The fourth-order valence-electron chi connectivity index (χ4n) is 15.2. The lowest BCUT2D eigenvalue weighted by atomic mass is 9.96. The van der Waals surface area contributed by atoms with Gasteiger partial charge in [0.2, 0.25) is 76.8 Å². The number of aromatic nitrogens is 4. The Morgan fingerprint density at radius 2 is 1.11 bits per heavy atom. The lowest BCUT2D eigenvalue weighted by Crippen LogP contribution is -2.60. The molecule has 0 saturated carbocycles. The minimum Gasteiger partial charge on any atom is -0.508 e. The molecule has 130 heavy (non-hydrogen) atoms. The number of carboxylic acid groups (broad SMARTS) is 2. The van der Waals surface area contributed by atoms with Gasteiger partial charge in [-0.2, -0.15) is 0 Å². The standard InChI is InChI=1S/C89H135N21O20/c1-7-9-10-11-12-13-14-15-16-17-18-19-20-26-74(115)100-67(88(129)130)35-38-76(117)101-66(87(127)128)34-36-73(114)94-39-22-21-24-65(102-84(124)78(55(5)8-2)107-80(120)64-33-37-75(116)98-64)86(126)109-43-41-108(42-44-109)59-29-32-62-61(48-59)85(125)110(53-97-62)51-77(118)99-63(25-23-40-95-89(91)92)79(119)106-71(47-58-50-93-52-96-58)83(123)105-70(46-57-27-30-60(112)31-28-57)82(122)104-69(45-54(3)4)81(121)103-68(56(6)111)49-72(90)113/h27-32,48,50,52-55,63-71,78,112H,7-26,33-47,49,51H2,1-6H3,(H2,90,113)(H,93,96)(H,94,114)(H,98,116)(H,99,118)(H,100,115)(H,101,117)(H,102,124)(H,103,121)(H,104,122)(H,105,123)(H,106,119)(H,107,120)(H,127,128)(H,129,130)(H4,91,92,95)/t55-,63-,64-,65-,66-,67-,68-,69-,70-,71-,78-/m0/s1. The molecule has 2 aliphatic rings. The van der Waals surface area contributed by atoms with E-state index in [-0.39, 0.29) is 164 Å². The number of phenols is 1. The third kappa shape index (κ3) is 38.0. The highest BCUT2D eigenvalue weighted by Gasteiger charge is 2.38. The number of H-pyrrole nitrogens is 1. The van der Waals surface area contributed by atoms with Gasteiger partial charge in [-0.25, -0.2) is 19.6 Å². The van der Waals surface area contributed by atoms with E-state index in [9.17, 15) is 96.8 Å². The topological polar surface area (TPSA) is 624 Å². The van der Waals surface area contributed by atoms with E-state index in [0.717, 1.165) is 43.5 Å². The molecule has 41 nitrogen and oxygen atoms in total. The predicted molar refractivity (Wildman–Crippen MR) is 481 cm³/mol. The molecule has 2 aromatic heterocycles. The van der Waals surface area contributed by atoms with Gasteiger partial charge in [0.25, 0.3) is 5.56 Å². The van der Waals surface area contributed by atoms with Gasteiger partial charge >= 0.3 is 11.9 Å². The number of guanidine groups is 1. The van der Waals surface area contributed by atoms with Crippen molar-refractivity contribution in [3.8, 4) is 5.75 Å². The number of ketones is 1.